The molecule has 0 radical (unpaired) electrons. The van der Waals surface area contributed by atoms with Gasteiger partial charge in [0.2, 0.25) is 5.91 Å². The van der Waals surface area contributed by atoms with Crippen molar-refractivity contribution >= 4 is 66.6 Å². The maximum atomic E-state index is 12.4. The van der Waals surface area contributed by atoms with Gasteiger partial charge in [-0.1, -0.05) is 70.9 Å². The fraction of sp³-hybridized carbons (Fsp3) is 0.0526. The number of halogens is 2. The van der Waals surface area contributed by atoms with Crippen molar-refractivity contribution in [3.63, 3.8) is 0 Å². The van der Waals surface area contributed by atoms with Gasteiger partial charge in [0, 0.05) is 15.4 Å². The lowest BCUT2D eigenvalue weighted by molar-refractivity contribution is -0.115. The maximum absolute atomic E-state index is 12.4. The summed E-state index contributed by atoms with van der Waals surface area (Å²) in [5.74, 6) is -0.196. The second-order valence-electron chi connectivity index (χ2n) is 5.58. The van der Waals surface area contributed by atoms with Crippen LogP contribution in [0.15, 0.2) is 54.6 Å². The fourth-order valence-electron chi connectivity index (χ4n) is 2.74. The van der Waals surface area contributed by atoms with E-state index >= 15 is 0 Å². The number of rotatable bonds is 3. The minimum Gasteiger partial charge on any atom is -0.302 e. The van der Waals surface area contributed by atoms with Gasteiger partial charge in [0.25, 0.3) is 0 Å². The number of carbonyl (C=O) groups excluding carboxylic acids is 1. The Kier molecular flexibility index (Phi) is 4.34. The molecule has 4 rings (SSSR count). The van der Waals surface area contributed by atoms with E-state index in [-0.39, 0.29) is 12.3 Å². The molecule has 1 heterocycles. The highest BCUT2D eigenvalue weighted by Gasteiger charge is 2.13. The standard InChI is InChI=1S/C19H12Cl2N2OS/c20-14-6-3-7-15(21)13(14)10-17(24)22-19-23-18-12-5-2-1-4-11(12)8-9-16(18)25-19/h1-9H,10H2,(H,22,23,24). The van der Waals surface area contributed by atoms with Crippen LogP contribution in [0.1, 0.15) is 5.56 Å². The Morgan fingerprint density at radius 1 is 1.00 bits per heavy atom. The quantitative estimate of drug-likeness (QED) is 0.473. The van der Waals surface area contributed by atoms with Crippen molar-refractivity contribution in [1.29, 1.82) is 0 Å². The van der Waals surface area contributed by atoms with Crippen LogP contribution in [-0.4, -0.2) is 10.9 Å². The van der Waals surface area contributed by atoms with Crippen LogP contribution in [0.3, 0.4) is 0 Å². The van der Waals surface area contributed by atoms with Gasteiger partial charge in [-0.2, -0.15) is 0 Å². The van der Waals surface area contributed by atoms with E-state index in [0.717, 1.165) is 21.0 Å². The molecule has 3 aromatic carbocycles. The number of amides is 1. The average molecular weight is 387 g/mol. The SMILES string of the molecule is O=C(Cc1c(Cl)cccc1Cl)Nc1nc2c(ccc3ccccc32)s1. The van der Waals surface area contributed by atoms with Crippen LogP contribution >= 0.6 is 34.5 Å². The van der Waals surface area contributed by atoms with E-state index < -0.39 is 0 Å². The molecule has 1 N–H and O–H groups in total. The third-order valence-electron chi connectivity index (χ3n) is 3.93. The molecule has 0 aliphatic carbocycles. The highest BCUT2D eigenvalue weighted by molar-refractivity contribution is 7.22. The first-order valence-electron chi connectivity index (χ1n) is 7.63. The molecular formula is C19H12Cl2N2OS. The molecule has 1 aromatic heterocycles. The number of nitrogens with one attached hydrogen (secondary N) is 1. The van der Waals surface area contributed by atoms with Gasteiger partial charge in [-0.3, -0.25) is 4.79 Å². The molecular weight excluding hydrogens is 375 g/mol. The van der Waals surface area contributed by atoms with Gasteiger partial charge < -0.3 is 5.32 Å². The third kappa shape index (κ3) is 3.21. The summed E-state index contributed by atoms with van der Waals surface area (Å²) in [5, 5.41) is 6.59. The minimum absolute atomic E-state index is 0.106. The van der Waals surface area contributed by atoms with Crippen molar-refractivity contribution in [2.45, 2.75) is 6.42 Å². The van der Waals surface area contributed by atoms with Gasteiger partial charge in [0.15, 0.2) is 5.13 Å². The molecule has 0 atom stereocenters. The second-order valence-corrected chi connectivity index (χ2v) is 7.42. The van der Waals surface area contributed by atoms with E-state index in [0.29, 0.717) is 20.7 Å². The molecule has 0 saturated carbocycles. The van der Waals surface area contributed by atoms with Crippen LogP contribution in [0.2, 0.25) is 10.0 Å². The number of benzene rings is 3. The second kappa shape index (κ2) is 6.64. The highest BCUT2D eigenvalue weighted by atomic mass is 35.5. The van der Waals surface area contributed by atoms with Crippen molar-refractivity contribution in [1.82, 2.24) is 4.98 Å². The summed E-state index contributed by atoms with van der Waals surface area (Å²) in [6.07, 6.45) is 0.106. The average Bonchev–Trinajstić information content (AvgIpc) is 3.01. The molecule has 6 heteroatoms. The van der Waals surface area contributed by atoms with E-state index in [1.54, 1.807) is 18.2 Å². The fourth-order valence-corrected chi connectivity index (χ4v) is 4.17. The molecule has 0 bridgehead atoms. The van der Waals surface area contributed by atoms with Gasteiger partial charge in [-0.25, -0.2) is 4.98 Å². The Hall–Kier alpha value is -2.14. The van der Waals surface area contributed by atoms with Gasteiger partial charge in [-0.05, 0) is 29.1 Å². The van der Waals surface area contributed by atoms with Crippen LogP contribution in [-0.2, 0) is 11.2 Å². The first kappa shape index (κ1) is 16.3. The number of carbonyl (C=O) groups is 1. The number of thiazole rings is 1. The van der Waals surface area contributed by atoms with E-state index in [2.05, 4.69) is 16.4 Å². The summed E-state index contributed by atoms with van der Waals surface area (Å²) in [6.45, 7) is 0. The van der Waals surface area contributed by atoms with Crippen LogP contribution in [0.5, 0.6) is 0 Å². The number of aromatic nitrogens is 1. The smallest absolute Gasteiger partial charge is 0.230 e. The van der Waals surface area contributed by atoms with Gasteiger partial charge >= 0.3 is 0 Å². The number of fused-ring (bicyclic) bond motifs is 3. The Bertz CT molecular complexity index is 1090. The Morgan fingerprint density at radius 3 is 2.56 bits per heavy atom. The summed E-state index contributed by atoms with van der Waals surface area (Å²) < 4.78 is 1.03. The van der Waals surface area contributed by atoms with Gasteiger partial charge in [-0.15, -0.1) is 0 Å². The zero-order valence-corrected chi connectivity index (χ0v) is 15.3. The third-order valence-corrected chi connectivity index (χ3v) is 5.57. The first-order chi connectivity index (χ1) is 12.1. The van der Waals surface area contributed by atoms with E-state index in [4.69, 9.17) is 23.2 Å². The summed E-state index contributed by atoms with van der Waals surface area (Å²) in [4.78, 5) is 17.0. The Labute approximate surface area is 158 Å². The monoisotopic (exact) mass is 386 g/mol. The van der Waals surface area contributed by atoms with E-state index in [1.807, 2.05) is 30.3 Å². The van der Waals surface area contributed by atoms with Crippen molar-refractivity contribution in [3.05, 3.63) is 70.2 Å². The lowest BCUT2D eigenvalue weighted by Crippen LogP contribution is -2.14. The number of hydrogen-bond acceptors (Lipinski definition) is 3. The van der Waals surface area contributed by atoms with E-state index in [1.165, 1.54) is 11.3 Å². The summed E-state index contributed by atoms with van der Waals surface area (Å²) >= 11 is 13.7. The van der Waals surface area contributed by atoms with Crippen LogP contribution in [0, 0.1) is 0 Å². The maximum Gasteiger partial charge on any atom is 0.230 e. The first-order valence-corrected chi connectivity index (χ1v) is 9.20. The van der Waals surface area contributed by atoms with Crippen molar-refractivity contribution in [2.75, 3.05) is 5.32 Å². The summed E-state index contributed by atoms with van der Waals surface area (Å²) in [6, 6.07) is 17.3. The van der Waals surface area contributed by atoms with Crippen LogP contribution in [0.25, 0.3) is 21.0 Å². The molecule has 124 valence electrons. The number of hydrogen-bond donors (Lipinski definition) is 1. The zero-order chi connectivity index (χ0) is 17.4. The highest BCUT2D eigenvalue weighted by Crippen LogP contribution is 2.32. The van der Waals surface area contributed by atoms with Crippen LogP contribution in [0.4, 0.5) is 5.13 Å². The molecule has 0 aliphatic heterocycles. The van der Waals surface area contributed by atoms with Gasteiger partial charge in [0.05, 0.1) is 16.6 Å². The molecule has 25 heavy (non-hydrogen) atoms. The molecule has 4 aromatic rings. The zero-order valence-electron chi connectivity index (χ0n) is 12.9. The molecule has 0 spiro atoms. The van der Waals surface area contributed by atoms with Crippen molar-refractivity contribution in [2.24, 2.45) is 0 Å². The number of nitrogens with zero attached hydrogens (tertiary/aromatic N) is 1. The largest absolute Gasteiger partial charge is 0.302 e. The lowest BCUT2D eigenvalue weighted by Gasteiger charge is -2.06. The number of anilines is 1. The predicted molar refractivity (Wildman–Crippen MR) is 106 cm³/mol. The summed E-state index contributed by atoms with van der Waals surface area (Å²) in [7, 11) is 0. The van der Waals surface area contributed by atoms with E-state index in [9.17, 15) is 4.79 Å². The molecule has 0 unspecified atom stereocenters. The summed E-state index contributed by atoms with van der Waals surface area (Å²) in [5.41, 5.74) is 1.52. The van der Waals surface area contributed by atoms with Crippen molar-refractivity contribution in [3.8, 4) is 0 Å². The topological polar surface area (TPSA) is 42.0 Å². The predicted octanol–water partition coefficient (Wildman–Crippen LogP) is 5.94. The Balaban J connectivity index is 1.62. The van der Waals surface area contributed by atoms with Crippen LogP contribution < -0.4 is 5.32 Å². The molecule has 1 amide bonds. The lowest BCUT2D eigenvalue weighted by atomic mass is 10.1. The normalized spacial score (nSPS) is 11.1. The van der Waals surface area contributed by atoms with Gasteiger partial charge in [0.1, 0.15) is 0 Å². The minimum atomic E-state index is -0.196. The molecule has 0 saturated heterocycles. The molecule has 0 aliphatic rings. The molecule has 3 nitrogen and oxygen atoms in total. The Morgan fingerprint density at radius 2 is 1.76 bits per heavy atom. The van der Waals surface area contributed by atoms with Crippen molar-refractivity contribution < 1.29 is 4.79 Å². The molecule has 0 fully saturated rings.